The van der Waals surface area contributed by atoms with Crippen molar-refractivity contribution in [2.45, 2.75) is 0 Å². The molecule has 10 aromatic rings. The quantitative estimate of drug-likeness (QED) is 0.179. The number of aromatic nitrogens is 3. The first kappa shape index (κ1) is 27.5. The highest BCUT2D eigenvalue weighted by Crippen LogP contribution is 2.47. The summed E-state index contributed by atoms with van der Waals surface area (Å²) < 4.78 is 6.47. The van der Waals surface area contributed by atoms with E-state index in [-0.39, 0.29) is 0 Å². The third-order valence-corrected chi connectivity index (χ3v) is 9.48. The summed E-state index contributed by atoms with van der Waals surface area (Å²) in [4.78, 5) is 14.9. The molecule has 4 heteroatoms. The van der Waals surface area contributed by atoms with E-state index in [1.165, 1.54) is 38.1 Å². The lowest BCUT2D eigenvalue weighted by Crippen LogP contribution is -2.00. The highest BCUT2D eigenvalue weighted by Gasteiger charge is 2.21. The molecule has 0 radical (unpaired) electrons. The van der Waals surface area contributed by atoms with E-state index in [0.29, 0.717) is 17.5 Å². The van der Waals surface area contributed by atoms with Crippen molar-refractivity contribution in [1.82, 2.24) is 15.0 Å². The lowest BCUT2D eigenvalue weighted by atomic mass is 9.88. The van der Waals surface area contributed by atoms with Crippen LogP contribution >= 0.6 is 0 Å². The molecule has 0 N–H and O–H groups in total. The first-order valence-corrected chi connectivity index (χ1v) is 16.4. The first-order chi connectivity index (χ1) is 24.3. The molecule has 0 bridgehead atoms. The third kappa shape index (κ3) is 4.49. The lowest BCUT2D eigenvalue weighted by molar-refractivity contribution is 0.669. The van der Waals surface area contributed by atoms with E-state index in [2.05, 4.69) is 103 Å². The normalized spacial score (nSPS) is 11.7. The van der Waals surface area contributed by atoms with E-state index in [1.807, 2.05) is 60.7 Å². The zero-order valence-corrected chi connectivity index (χ0v) is 26.3. The van der Waals surface area contributed by atoms with Crippen molar-refractivity contribution in [3.8, 4) is 56.4 Å². The van der Waals surface area contributed by atoms with Gasteiger partial charge < -0.3 is 4.42 Å². The number of benzene rings is 8. The van der Waals surface area contributed by atoms with Gasteiger partial charge in [-0.05, 0) is 62.7 Å². The number of nitrogens with zero attached hydrogens (tertiary/aromatic N) is 3. The minimum absolute atomic E-state index is 0.632. The van der Waals surface area contributed by atoms with Crippen molar-refractivity contribution in [2.24, 2.45) is 0 Å². The maximum atomic E-state index is 6.47. The van der Waals surface area contributed by atoms with Crippen LogP contribution in [0.3, 0.4) is 0 Å². The Morgan fingerprint density at radius 3 is 1.57 bits per heavy atom. The number of hydrogen-bond acceptors (Lipinski definition) is 4. The summed E-state index contributed by atoms with van der Waals surface area (Å²) in [5.41, 5.74) is 9.22. The highest BCUT2D eigenvalue weighted by atomic mass is 16.3. The Kier molecular flexibility index (Phi) is 6.15. The van der Waals surface area contributed by atoms with Crippen LogP contribution in [0.1, 0.15) is 0 Å². The molecule has 0 aliphatic carbocycles. The van der Waals surface area contributed by atoms with Crippen LogP contribution in [0.4, 0.5) is 0 Å². The smallest absolute Gasteiger partial charge is 0.164 e. The molecule has 0 saturated heterocycles. The van der Waals surface area contributed by atoms with Crippen LogP contribution in [0.2, 0.25) is 0 Å². The van der Waals surface area contributed by atoms with E-state index in [9.17, 15) is 0 Å². The molecule has 4 nitrogen and oxygen atoms in total. The molecule has 2 aromatic heterocycles. The van der Waals surface area contributed by atoms with Crippen LogP contribution in [-0.2, 0) is 0 Å². The van der Waals surface area contributed by atoms with E-state index in [1.54, 1.807) is 0 Å². The molecule has 0 amide bonds. The van der Waals surface area contributed by atoms with E-state index >= 15 is 0 Å². The van der Waals surface area contributed by atoms with Crippen LogP contribution in [0.25, 0.3) is 99.9 Å². The molecule has 0 unspecified atom stereocenters. The Morgan fingerprint density at radius 1 is 0.306 bits per heavy atom. The zero-order valence-electron chi connectivity index (χ0n) is 26.3. The molecule has 0 saturated carbocycles. The number of fused-ring (bicyclic) bond motifs is 3. The molecule has 10 rings (SSSR count). The molecule has 0 fully saturated rings. The Morgan fingerprint density at radius 2 is 0.878 bits per heavy atom. The molecule has 0 aliphatic rings. The van der Waals surface area contributed by atoms with Crippen LogP contribution in [0.5, 0.6) is 0 Å². The Bertz CT molecular complexity index is 2750. The monoisotopic (exact) mass is 625 g/mol. The van der Waals surface area contributed by atoms with Gasteiger partial charge in [0, 0.05) is 32.8 Å². The molecule has 49 heavy (non-hydrogen) atoms. The molecule has 2 heterocycles. The van der Waals surface area contributed by atoms with Crippen LogP contribution in [0, 0.1) is 0 Å². The fraction of sp³-hybridized carbons (Fsp3) is 0. The second-order valence-corrected chi connectivity index (χ2v) is 12.4. The van der Waals surface area contributed by atoms with Crippen LogP contribution in [-0.4, -0.2) is 15.0 Å². The predicted molar refractivity (Wildman–Crippen MR) is 200 cm³/mol. The number of furan rings is 1. The average Bonchev–Trinajstić information content (AvgIpc) is 3.57. The second kappa shape index (κ2) is 11.0. The summed E-state index contributed by atoms with van der Waals surface area (Å²) in [6, 6.07) is 56.8. The van der Waals surface area contributed by atoms with Crippen molar-refractivity contribution in [3.05, 3.63) is 164 Å². The molecule has 8 aromatic carbocycles. The lowest BCUT2D eigenvalue weighted by Gasteiger charge is -2.15. The standard InChI is InChI=1S/C45H27N3O/c1-4-12-28(13-5-1)31-22-23-35-36-20-11-21-38-41(36)42-39(49-38)25-24-34(40(42)37(35)27-31)32-18-10-19-33(26-32)45-47-43(29-14-6-2-7-15-29)46-44(48-45)30-16-8-3-9-17-30/h1-27H. The highest BCUT2D eigenvalue weighted by molar-refractivity contribution is 6.35. The minimum atomic E-state index is 0.632. The van der Waals surface area contributed by atoms with Crippen molar-refractivity contribution >= 4 is 43.5 Å². The third-order valence-electron chi connectivity index (χ3n) is 9.48. The van der Waals surface area contributed by atoms with Gasteiger partial charge in [-0.2, -0.15) is 0 Å². The minimum Gasteiger partial charge on any atom is -0.456 e. The van der Waals surface area contributed by atoms with Crippen molar-refractivity contribution in [1.29, 1.82) is 0 Å². The van der Waals surface area contributed by atoms with Crippen molar-refractivity contribution in [3.63, 3.8) is 0 Å². The van der Waals surface area contributed by atoms with Gasteiger partial charge in [0.2, 0.25) is 0 Å². The fourth-order valence-electron chi connectivity index (χ4n) is 7.21. The molecule has 0 spiro atoms. The van der Waals surface area contributed by atoms with E-state index < -0.39 is 0 Å². The number of hydrogen-bond donors (Lipinski definition) is 0. The summed E-state index contributed by atoms with van der Waals surface area (Å²) in [6.07, 6.45) is 0. The summed E-state index contributed by atoms with van der Waals surface area (Å²) in [7, 11) is 0. The average molecular weight is 626 g/mol. The molecular weight excluding hydrogens is 599 g/mol. The molecular formula is C45H27N3O. The van der Waals surface area contributed by atoms with Gasteiger partial charge in [-0.25, -0.2) is 15.0 Å². The number of rotatable bonds is 5. The van der Waals surface area contributed by atoms with E-state index in [4.69, 9.17) is 19.4 Å². The predicted octanol–water partition coefficient (Wildman–Crippen LogP) is 11.9. The summed E-state index contributed by atoms with van der Waals surface area (Å²) in [6.45, 7) is 0. The fourth-order valence-corrected chi connectivity index (χ4v) is 7.21. The maximum Gasteiger partial charge on any atom is 0.164 e. The van der Waals surface area contributed by atoms with Gasteiger partial charge in [0.05, 0.1) is 0 Å². The summed E-state index contributed by atoms with van der Waals surface area (Å²) in [5, 5.41) is 7.13. The van der Waals surface area contributed by atoms with Gasteiger partial charge in [-0.1, -0.05) is 140 Å². The molecule has 0 aliphatic heterocycles. The topological polar surface area (TPSA) is 51.8 Å². The summed E-state index contributed by atoms with van der Waals surface area (Å²) in [5.74, 6) is 1.92. The van der Waals surface area contributed by atoms with E-state index in [0.717, 1.165) is 44.4 Å². The molecule has 228 valence electrons. The Balaban J connectivity index is 1.22. The van der Waals surface area contributed by atoms with Crippen LogP contribution in [0.15, 0.2) is 168 Å². The maximum absolute atomic E-state index is 6.47. The van der Waals surface area contributed by atoms with Gasteiger partial charge >= 0.3 is 0 Å². The van der Waals surface area contributed by atoms with Crippen molar-refractivity contribution < 1.29 is 4.42 Å². The van der Waals surface area contributed by atoms with Gasteiger partial charge in [0.15, 0.2) is 17.5 Å². The van der Waals surface area contributed by atoms with Gasteiger partial charge in [0.1, 0.15) is 11.2 Å². The summed E-state index contributed by atoms with van der Waals surface area (Å²) >= 11 is 0. The first-order valence-electron chi connectivity index (χ1n) is 16.4. The van der Waals surface area contributed by atoms with Crippen LogP contribution < -0.4 is 0 Å². The van der Waals surface area contributed by atoms with Gasteiger partial charge in [-0.15, -0.1) is 0 Å². The largest absolute Gasteiger partial charge is 0.456 e. The second-order valence-electron chi connectivity index (χ2n) is 12.4. The Hall–Kier alpha value is -6.65. The zero-order chi connectivity index (χ0) is 32.3. The van der Waals surface area contributed by atoms with Gasteiger partial charge in [0.25, 0.3) is 0 Å². The van der Waals surface area contributed by atoms with Gasteiger partial charge in [-0.3, -0.25) is 0 Å². The van der Waals surface area contributed by atoms with Crippen molar-refractivity contribution in [2.75, 3.05) is 0 Å². The SMILES string of the molecule is c1ccc(-c2ccc3c(c2)c2c(-c4cccc(-c5nc(-c6ccccc6)nc(-c6ccccc6)n5)c4)ccc4oc5cccc3c5c42)cc1. The Labute approximate surface area is 282 Å². The molecule has 0 atom stereocenters.